The minimum absolute atomic E-state index is 0.191. The number of hydrogen-bond acceptors (Lipinski definition) is 4. The van der Waals surface area contributed by atoms with E-state index in [1.807, 2.05) is 0 Å². The molecule has 1 aliphatic rings. The van der Waals surface area contributed by atoms with Gasteiger partial charge in [-0.15, -0.1) is 0 Å². The van der Waals surface area contributed by atoms with Crippen molar-refractivity contribution in [1.29, 1.82) is 0 Å². The molecule has 0 aromatic carbocycles. The monoisotopic (exact) mass is 338 g/mol. The zero-order valence-corrected chi connectivity index (χ0v) is 12.3. The summed E-state index contributed by atoms with van der Waals surface area (Å²) in [6.07, 6.45) is 0. The molecular formula is C10H12Cl2F4N2O2. The smallest absolute Gasteiger partial charge is 0.356 e. The Hall–Kier alpha value is -0.630. The second-order valence-corrected chi connectivity index (χ2v) is 5.75. The standard InChI is InChI=1S/C10H12Cl2F4N2O2/c1-4-20-6(19)5-7(2,3)17-18-8(5,9(11,13)14)10(12,15)16/h5H,4H2,1-3H3. The Balaban J connectivity index is 3.51. The van der Waals surface area contributed by atoms with Gasteiger partial charge in [0.15, 0.2) is 0 Å². The van der Waals surface area contributed by atoms with Crippen LogP contribution in [0.1, 0.15) is 20.8 Å². The van der Waals surface area contributed by atoms with E-state index >= 15 is 0 Å². The summed E-state index contributed by atoms with van der Waals surface area (Å²) < 4.78 is 59.0. The van der Waals surface area contributed by atoms with Gasteiger partial charge in [0.25, 0.3) is 5.54 Å². The van der Waals surface area contributed by atoms with E-state index in [1.165, 1.54) is 20.8 Å². The summed E-state index contributed by atoms with van der Waals surface area (Å²) in [5, 5.41) is -2.97. The zero-order valence-electron chi connectivity index (χ0n) is 10.8. The van der Waals surface area contributed by atoms with Gasteiger partial charge in [0.2, 0.25) is 0 Å². The Morgan fingerprint density at radius 3 is 2.00 bits per heavy atom. The number of alkyl halides is 6. The lowest BCUT2D eigenvalue weighted by atomic mass is 9.74. The number of hydrogen-bond donors (Lipinski definition) is 0. The number of esters is 1. The number of carbonyl (C=O) groups excluding carboxylic acids is 1. The molecule has 4 nitrogen and oxygen atoms in total. The first-order valence-electron chi connectivity index (χ1n) is 5.55. The number of azo groups is 1. The molecule has 0 saturated heterocycles. The van der Waals surface area contributed by atoms with Crippen molar-refractivity contribution in [3.05, 3.63) is 0 Å². The van der Waals surface area contributed by atoms with Gasteiger partial charge in [-0.05, 0) is 44.0 Å². The van der Waals surface area contributed by atoms with Crippen molar-refractivity contribution in [2.75, 3.05) is 6.61 Å². The number of nitrogens with zero attached hydrogens (tertiary/aromatic N) is 2. The van der Waals surface area contributed by atoms with Crippen molar-refractivity contribution in [2.45, 2.75) is 42.6 Å². The van der Waals surface area contributed by atoms with Crippen LogP contribution in [0.5, 0.6) is 0 Å². The molecule has 1 unspecified atom stereocenters. The molecule has 10 heteroatoms. The maximum absolute atomic E-state index is 13.6. The molecule has 0 spiro atoms. The van der Waals surface area contributed by atoms with Crippen molar-refractivity contribution >= 4 is 29.2 Å². The molecule has 0 saturated carbocycles. The third-order valence-corrected chi connectivity index (χ3v) is 3.55. The van der Waals surface area contributed by atoms with E-state index in [4.69, 9.17) is 23.2 Å². The van der Waals surface area contributed by atoms with E-state index < -0.39 is 33.7 Å². The maximum atomic E-state index is 13.6. The van der Waals surface area contributed by atoms with Crippen LogP contribution in [-0.2, 0) is 9.53 Å². The highest BCUT2D eigenvalue weighted by molar-refractivity contribution is 6.27. The predicted octanol–water partition coefficient (Wildman–Crippen LogP) is 3.81. The highest BCUT2D eigenvalue weighted by atomic mass is 35.5. The van der Waals surface area contributed by atoms with Gasteiger partial charge in [0.05, 0.1) is 12.1 Å². The fourth-order valence-electron chi connectivity index (χ4n) is 2.12. The van der Waals surface area contributed by atoms with Crippen LogP contribution < -0.4 is 0 Å². The Bertz CT molecular complexity index is 418. The first kappa shape index (κ1) is 17.4. The quantitative estimate of drug-likeness (QED) is 0.444. The highest BCUT2D eigenvalue weighted by Gasteiger charge is 2.79. The SMILES string of the molecule is CCOC(=O)C1C(C)(C)N=NC1(C(F)(F)Cl)C(F)(F)Cl. The Labute approximate surface area is 122 Å². The third-order valence-electron chi connectivity index (χ3n) is 2.98. The van der Waals surface area contributed by atoms with Gasteiger partial charge in [-0.25, -0.2) is 0 Å². The average molecular weight is 339 g/mol. The molecule has 1 aliphatic heterocycles. The van der Waals surface area contributed by atoms with E-state index in [9.17, 15) is 22.4 Å². The molecular weight excluding hydrogens is 327 g/mol. The molecule has 0 N–H and O–H groups in total. The number of carbonyl (C=O) groups is 1. The topological polar surface area (TPSA) is 51.0 Å². The number of ether oxygens (including phenoxy) is 1. The second kappa shape index (κ2) is 4.98. The Kier molecular flexibility index (Phi) is 4.34. The molecule has 0 radical (unpaired) electrons. The molecule has 1 atom stereocenters. The fraction of sp³-hybridized carbons (Fsp3) is 0.900. The van der Waals surface area contributed by atoms with Gasteiger partial charge in [0.1, 0.15) is 5.92 Å². The molecule has 0 bridgehead atoms. The molecule has 116 valence electrons. The Morgan fingerprint density at radius 2 is 1.65 bits per heavy atom. The average Bonchev–Trinajstić information content (AvgIpc) is 2.49. The van der Waals surface area contributed by atoms with Crippen LogP contribution in [0.25, 0.3) is 0 Å². The normalized spacial score (nSPS) is 24.8. The second-order valence-electron chi connectivity index (χ2n) is 4.80. The summed E-state index contributed by atoms with van der Waals surface area (Å²) in [6, 6.07) is 0. The summed E-state index contributed by atoms with van der Waals surface area (Å²) in [5.41, 5.74) is -5.37. The molecule has 0 aliphatic carbocycles. The Morgan fingerprint density at radius 1 is 1.20 bits per heavy atom. The summed E-state index contributed by atoms with van der Waals surface area (Å²) in [6.45, 7) is 3.58. The van der Waals surface area contributed by atoms with Crippen LogP contribution in [0.3, 0.4) is 0 Å². The van der Waals surface area contributed by atoms with Crippen LogP contribution >= 0.6 is 23.2 Å². The molecule has 20 heavy (non-hydrogen) atoms. The van der Waals surface area contributed by atoms with Gasteiger partial charge in [-0.2, -0.15) is 27.8 Å². The minimum atomic E-state index is -4.60. The first-order valence-corrected chi connectivity index (χ1v) is 6.31. The fourth-order valence-corrected chi connectivity index (χ4v) is 2.70. The number of rotatable bonds is 4. The van der Waals surface area contributed by atoms with E-state index in [2.05, 4.69) is 15.0 Å². The zero-order chi connectivity index (χ0) is 16.0. The van der Waals surface area contributed by atoms with Gasteiger partial charge in [-0.3, -0.25) is 4.79 Å². The minimum Gasteiger partial charge on any atom is -0.466 e. The first-order chi connectivity index (χ1) is 8.81. The van der Waals surface area contributed by atoms with Crippen molar-refractivity contribution < 1.29 is 27.1 Å². The lowest BCUT2D eigenvalue weighted by Gasteiger charge is -2.39. The molecule has 0 aromatic heterocycles. The predicted molar refractivity (Wildman–Crippen MR) is 63.4 cm³/mol. The van der Waals surface area contributed by atoms with Gasteiger partial charge >= 0.3 is 16.7 Å². The largest absolute Gasteiger partial charge is 0.466 e. The van der Waals surface area contributed by atoms with Gasteiger partial charge in [0, 0.05) is 0 Å². The van der Waals surface area contributed by atoms with Crippen LogP contribution in [0.15, 0.2) is 10.2 Å². The van der Waals surface area contributed by atoms with E-state index in [0.29, 0.717) is 0 Å². The van der Waals surface area contributed by atoms with Gasteiger partial charge in [-0.1, -0.05) is 0 Å². The van der Waals surface area contributed by atoms with Crippen molar-refractivity contribution in [3.63, 3.8) is 0 Å². The molecule has 0 aromatic rings. The summed E-state index contributed by atoms with van der Waals surface area (Å²) in [4.78, 5) is 11.8. The molecule has 0 amide bonds. The summed E-state index contributed by atoms with van der Waals surface area (Å²) in [7, 11) is 0. The van der Waals surface area contributed by atoms with E-state index in [1.54, 1.807) is 0 Å². The van der Waals surface area contributed by atoms with Crippen LogP contribution in [0, 0.1) is 5.92 Å². The van der Waals surface area contributed by atoms with E-state index in [0.717, 1.165) is 0 Å². The number of halogens is 6. The summed E-state index contributed by atoms with van der Waals surface area (Å²) >= 11 is 9.58. The highest BCUT2D eigenvalue weighted by Crippen LogP contribution is 2.59. The lowest BCUT2D eigenvalue weighted by molar-refractivity contribution is -0.171. The maximum Gasteiger partial charge on any atom is 0.356 e. The van der Waals surface area contributed by atoms with Crippen LogP contribution in [0.4, 0.5) is 17.6 Å². The van der Waals surface area contributed by atoms with Crippen LogP contribution in [0.2, 0.25) is 0 Å². The third kappa shape index (κ3) is 2.47. The van der Waals surface area contributed by atoms with Crippen molar-refractivity contribution in [3.8, 4) is 0 Å². The van der Waals surface area contributed by atoms with Crippen molar-refractivity contribution in [2.24, 2.45) is 16.1 Å². The van der Waals surface area contributed by atoms with E-state index in [-0.39, 0.29) is 6.61 Å². The van der Waals surface area contributed by atoms with Gasteiger partial charge < -0.3 is 4.74 Å². The molecule has 1 heterocycles. The van der Waals surface area contributed by atoms with Crippen molar-refractivity contribution in [1.82, 2.24) is 0 Å². The van der Waals surface area contributed by atoms with Crippen LogP contribution in [-0.4, -0.2) is 34.4 Å². The lowest BCUT2D eigenvalue weighted by Crippen LogP contribution is -2.63. The summed E-state index contributed by atoms with van der Waals surface area (Å²) in [5.74, 6) is -3.45. The molecule has 0 fully saturated rings. The molecule has 1 rings (SSSR count).